The molecule has 0 amide bonds. The highest BCUT2D eigenvalue weighted by Gasteiger charge is 2.27. The molecule has 1 N–H and O–H groups in total. The van der Waals surface area contributed by atoms with E-state index in [1.807, 2.05) is 29.2 Å². The number of nitrogens with zero attached hydrogens (tertiary/aromatic N) is 4. The van der Waals surface area contributed by atoms with Crippen molar-refractivity contribution in [1.82, 2.24) is 9.97 Å². The first kappa shape index (κ1) is 13.3. The zero-order valence-corrected chi connectivity index (χ0v) is 11.6. The van der Waals surface area contributed by atoms with Crippen LogP contribution < -0.4 is 10.2 Å². The first-order valence-corrected chi connectivity index (χ1v) is 6.75. The summed E-state index contributed by atoms with van der Waals surface area (Å²) in [6, 6.07) is 7.94. The summed E-state index contributed by atoms with van der Waals surface area (Å²) in [6.45, 7) is 0.706. The summed E-state index contributed by atoms with van der Waals surface area (Å²) >= 11 is 0. The molecule has 21 heavy (non-hydrogen) atoms. The molecule has 2 aromatic rings. The van der Waals surface area contributed by atoms with E-state index in [1.165, 1.54) is 11.8 Å². The van der Waals surface area contributed by atoms with Gasteiger partial charge in [-0.25, -0.2) is 4.98 Å². The van der Waals surface area contributed by atoms with Gasteiger partial charge >= 0.3 is 5.69 Å². The molecule has 1 aliphatic heterocycles. The van der Waals surface area contributed by atoms with Crippen molar-refractivity contribution in [1.29, 1.82) is 0 Å². The third-order valence-corrected chi connectivity index (χ3v) is 3.54. The van der Waals surface area contributed by atoms with Crippen molar-refractivity contribution in [3.63, 3.8) is 0 Å². The number of hydrogen-bond acceptors (Lipinski definition) is 6. The number of nitrogens with one attached hydrogen (secondary N) is 1. The number of rotatable bonds is 3. The van der Waals surface area contributed by atoms with Gasteiger partial charge in [0.05, 0.1) is 4.92 Å². The molecule has 0 fully saturated rings. The topological polar surface area (TPSA) is 84.2 Å². The molecular formula is C14H15N5O2. The zero-order chi connectivity index (χ0) is 14.8. The lowest BCUT2D eigenvalue weighted by Crippen LogP contribution is -2.26. The van der Waals surface area contributed by atoms with Crippen molar-refractivity contribution in [2.45, 2.75) is 12.8 Å². The molecule has 0 spiro atoms. The fourth-order valence-corrected chi connectivity index (χ4v) is 2.57. The van der Waals surface area contributed by atoms with Crippen LogP contribution in [-0.4, -0.2) is 28.5 Å². The number of nitro groups is 1. The van der Waals surface area contributed by atoms with Crippen LogP contribution in [0.15, 0.2) is 30.5 Å². The predicted octanol–water partition coefficient (Wildman–Crippen LogP) is 2.51. The fourth-order valence-electron chi connectivity index (χ4n) is 2.57. The van der Waals surface area contributed by atoms with Crippen LogP contribution >= 0.6 is 0 Å². The molecule has 3 rings (SSSR count). The summed E-state index contributed by atoms with van der Waals surface area (Å²) in [6.07, 6.45) is 3.17. The summed E-state index contributed by atoms with van der Waals surface area (Å²) in [5.41, 5.74) is 2.08. The predicted molar refractivity (Wildman–Crippen MR) is 80.0 cm³/mol. The van der Waals surface area contributed by atoms with E-state index in [1.54, 1.807) is 7.05 Å². The molecule has 0 saturated heterocycles. The molecule has 1 aromatic carbocycles. The minimum atomic E-state index is -0.438. The summed E-state index contributed by atoms with van der Waals surface area (Å²) in [7, 11) is 1.69. The zero-order valence-electron chi connectivity index (χ0n) is 11.6. The molecular weight excluding hydrogens is 270 g/mol. The van der Waals surface area contributed by atoms with Gasteiger partial charge in [0.15, 0.2) is 0 Å². The van der Waals surface area contributed by atoms with Gasteiger partial charge in [-0.15, -0.1) is 0 Å². The lowest BCUT2D eigenvalue weighted by Gasteiger charge is -2.29. The van der Waals surface area contributed by atoms with E-state index < -0.39 is 4.92 Å². The van der Waals surface area contributed by atoms with Gasteiger partial charge in [0.25, 0.3) is 0 Å². The molecule has 0 atom stereocenters. The molecule has 0 aliphatic carbocycles. The average Bonchev–Trinajstić information content (AvgIpc) is 2.53. The number of aryl methyl sites for hydroxylation is 1. The van der Waals surface area contributed by atoms with Gasteiger partial charge in [-0.2, -0.15) is 4.98 Å². The van der Waals surface area contributed by atoms with Gasteiger partial charge in [0.1, 0.15) is 6.20 Å². The van der Waals surface area contributed by atoms with E-state index in [0.717, 1.165) is 18.5 Å². The average molecular weight is 285 g/mol. The van der Waals surface area contributed by atoms with Gasteiger partial charge in [-0.1, -0.05) is 18.2 Å². The third kappa shape index (κ3) is 2.37. The van der Waals surface area contributed by atoms with Crippen LogP contribution in [0.3, 0.4) is 0 Å². The maximum atomic E-state index is 11.3. The molecule has 1 aliphatic rings. The van der Waals surface area contributed by atoms with Crippen LogP contribution in [0.4, 0.5) is 23.1 Å². The van der Waals surface area contributed by atoms with Crippen molar-refractivity contribution >= 4 is 23.1 Å². The molecule has 7 heteroatoms. The van der Waals surface area contributed by atoms with Crippen LogP contribution in [0.5, 0.6) is 0 Å². The van der Waals surface area contributed by atoms with Crippen LogP contribution in [-0.2, 0) is 6.42 Å². The van der Waals surface area contributed by atoms with E-state index >= 15 is 0 Å². The van der Waals surface area contributed by atoms with Crippen molar-refractivity contribution in [3.05, 3.63) is 46.1 Å². The normalized spacial score (nSPS) is 13.7. The Morgan fingerprint density at radius 3 is 2.95 bits per heavy atom. The fraction of sp³-hybridized carbons (Fsp3) is 0.286. The second kappa shape index (κ2) is 5.35. The lowest BCUT2D eigenvalue weighted by molar-refractivity contribution is -0.384. The molecule has 2 heterocycles. The van der Waals surface area contributed by atoms with Crippen molar-refractivity contribution in [3.8, 4) is 0 Å². The Morgan fingerprint density at radius 2 is 2.19 bits per heavy atom. The number of para-hydroxylation sites is 1. The van der Waals surface area contributed by atoms with Gasteiger partial charge in [0.2, 0.25) is 11.8 Å². The Morgan fingerprint density at radius 1 is 1.38 bits per heavy atom. The highest BCUT2D eigenvalue weighted by Crippen LogP contribution is 2.36. The first-order valence-electron chi connectivity index (χ1n) is 6.75. The number of fused-ring (bicyclic) bond motifs is 1. The quantitative estimate of drug-likeness (QED) is 0.689. The molecule has 0 radical (unpaired) electrons. The van der Waals surface area contributed by atoms with Crippen LogP contribution in [0.2, 0.25) is 0 Å². The molecule has 7 nitrogen and oxygen atoms in total. The molecule has 1 aromatic heterocycles. The molecule has 108 valence electrons. The van der Waals surface area contributed by atoms with Crippen molar-refractivity contribution < 1.29 is 4.92 Å². The monoisotopic (exact) mass is 285 g/mol. The van der Waals surface area contributed by atoms with Gasteiger partial charge in [0, 0.05) is 19.3 Å². The largest absolute Gasteiger partial charge is 0.357 e. The maximum absolute atomic E-state index is 11.3. The lowest BCUT2D eigenvalue weighted by atomic mass is 10.0. The number of hydrogen-bond donors (Lipinski definition) is 1. The van der Waals surface area contributed by atoms with E-state index in [-0.39, 0.29) is 5.69 Å². The standard InChI is InChI=1S/C14H15N5O2/c1-15-14-16-9-12(19(20)21)13(17-14)18-8-4-6-10-5-2-3-7-11(10)18/h2-3,5,7,9H,4,6,8H2,1H3,(H,15,16,17). The van der Waals surface area contributed by atoms with E-state index in [9.17, 15) is 10.1 Å². The highest BCUT2D eigenvalue weighted by molar-refractivity contribution is 5.72. The summed E-state index contributed by atoms with van der Waals surface area (Å²) in [5.74, 6) is 0.713. The first-order chi connectivity index (χ1) is 10.2. The number of benzene rings is 1. The number of anilines is 3. The van der Waals surface area contributed by atoms with Gasteiger partial charge in [-0.3, -0.25) is 10.1 Å². The Labute approximate surface area is 121 Å². The SMILES string of the molecule is CNc1ncc([N+](=O)[O-])c(N2CCCc3ccccc32)n1. The van der Waals surface area contributed by atoms with E-state index in [4.69, 9.17) is 0 Å². The Hall–Kier alpha value is -2.70. The second-order valence-electron chi connectivity index (χ2n) is 4.79. The van der Waals surface area contributed by atoms with Gasteiger partial charge < -0.3 is 10.2 Å². The summed E-state index contributed by atoms with van der Waals surface area (Å²) in [4.78, 5) is 21.0. The van der Waals surface area contributed by atoms with Crippen LogP contribution in [0, 0.1) is 10.1 Å². The summed E-state index contributed by atoms with van der Waals surface area (Å²) < 4.78 is 0. The molecule has 0 unspecified atom stereocenters. The summed E-state index contributed by atoms with van der Waals surface area (Å²) in [5, 5.41) is 14.1. The Balaban J connectivity index is 2.14. The van der Waals surface area contributed by atoms with Crippen LogP contribution in [0.1, 0.15) is 12.0 Å². The Bertz CT molecular complexity index is 689. The van der Waals surface area contributed by atoms with Crippen LogP contribution in [0.25, 0.3) is 0 Å². The number of aromatic nitrogens is 2. The van der Waals surface area contributed by atoms with E-state index in [2.05, 4.69) is 15.3 Å². The Kier molecular flexibility index (Phi) is 3.39. The van der Waals surface area contributed by atoms with Gasteiger partial charge in [-0.05, 0) is 24.5 Å². The minimum Gasteiger partial charge on any atom is -0.357 e. The second-order valence-corrected chi connectivity index (χ2v) is 4.79. The highest BCUT2D eigenvalue weighted by atomic mass is 16.6. The van der Waals surface area contributed by atoms with Crippen molar-refractivity contribution in [2.24, 2.45) is 0 Å². The van der Waals surface area contributed by atoms with E-state index in [0.29, 0.717) is 18.3 Å². The minimum absolute atomic E-state index is 0.0781. The maximum Gasteiger partial charge on any atom is 0.330 e. The molecule has 0 saturated carbocycles. The molecule has 0 bridgehead atoms. The third-order valence-electron chi connectivity index (χ3n) is 3.54. The van der Waals surface area contributed by atoms with Crippen molar-refractivity contribution in [2.75, 3.05) is 23.8 Å². The smallest absolute Gasteiger partial charge is 0.330 e.